The number of hydrogen-bond donors (Lipinski definition) is 3. The zero-order valence-corrected chi connectivity index (χ0v) is 11.4. The third kappa shape index (κ3) is 3.96. The second kappa shape index (κ2) is 6.20. The van der Waals surface area contributed by atoms with Crippen molar-refractivity contribution >= 4 is 23.0 Å². The second-order valence-electron chi connectivity index (χ2n) is 4.28. The van der Waals surface area contributed by atoms with Crippen LogP contribution >= 0.6 is 12.2 Å². The maximum absolute atomic E-state index is 9.21. The first kappa shape index (κ1) is 13.4. The van der Waals surface area contributed by atoms with Crippen LogP contribution in [0.4, 0.5) is 5.69 Å². The quantitative estimate of drug-likeness (QED) is 0.591. The normalized spacial score (nSPS) is 11.6. The number of phenols is 1. The van der Waals surface area contributed by atoms with Gasteiger partial charge in [0.25, 0.3) is 0 Å². The van der Waals surface area contributed by atoms with Crippen LogP contribution in [0.5, 0.6) is 5.75 Å². The predicted octanol–water partition coefficient (Wildman–Crippen LogP) is 3.44. The number of thiocarbonyl (C=S) groups is 1. The Morgan fingerprint density at radius 2 is 1.68 bits per heavy atom. The zero-order chi connectivity index (χ0) is 13.7. The van der Waals surface area contributed by atoms with E-state index < -0.39 is 0 Å². The van der Waals surface area contributed by atoms with E-state index in [2.05, 4.69) is 29.7 Å². The van der Waals surface area contributed by atoms with E-state index in [1.165, 1.54) is 5.56 Å². The predicted molar refractivity (Wildman–Crippen MR) is 82.3 cm³/mol. The Morgan fingerprint density at radius 1 is 1.05 bits per heavy atom. The summed E-state index contributed by atoms with van der Waals surface area (Å²) in [7, 11) is 0. The molecule has 0 radical (unpaired) electrons. The highest BCUT2D eigenvalue weighted by Gasteiger charge is 2.06. The molecule has 0 amide bonds. The number of anilines is 1. The lowest BCUT2D eigenvalue weighted by molar-refractivity contribution is 0.475. The molecule has 0 heterocycles. The topological polar surface area (TPSA) is 44.3 Å². The van der Waals surface area contributed by atoms with Crippen LogP contribution in [0.25, 0.3) is 0 Å². The SMILES string of the molecule is C[C@H](NC(=S)Nc1ccc(O)cc1)c1ccccc1. The molecule has 2 aromatic rings. The first-order valence-electron chi connectivity index (χ1n) is 6.06. The molecule has 0 unspecified atom stereocenters. The standard InChI is InChI=1S/C15H16N2OS/c1-11(12-5-3-2-4-6-12)16-15(19)17-13-7-9-14(18)10-8-13/h2-11,18H,1H3,(H2,16,17,19)/t11-/m0/s1. The van der Waals surface area contributed by atoms with Crippen molar-refractivity contribution in [2.24, 2.45) is 0 Å². The van der Waals surface area contributed by atoms with Gasteiger partial charge in [-0.1, -0.05) is 30.3 Å². The van der Waals surface area contributed by atoms with E-state index in [1.54, 1.807) is 24.3 Å². The van der Waals surface area contributed by atoms with Crippen molar-refractivity contribution in [3.05, 3.63) is 60.2 Å². The number of hydrogen-bond acceptors (Lipinski definition) is 2. The monoisotopic (exact) mass is 272 g/mol. The second-order valence-corrected chi connectivity index (χ2v) is 4.69. The van der Waals surface area contributed by atoms with E-state index in [4.69, 9.17) is 12.2 Å². The van der Waals surface area contributed by atoms with Gasteiger partial charge in [-0.3, -0.25) is 0 Å². The van der Waals surface area contributed by atoms with E-state index in [1.807, 2.05) is 18.2 Å². The molecule has 19 heavy (non-hydrogen) atoms. The average molecular weight is 272 g/mol. The highest BCUT2D eigenvalue weighted by Crippen LogP contribution is 2.15. The first-order valence-corrected chi connectivity index (χ1v) is 6.47. The lowest BCUT2D eigenvalue weighted by Gasteiger charge is -2.17. The molecule has 4 heteroatoms. The molecule has 0 spiro atoms. The molecule has 0 aromatic heterocycles. The number of benzene rings is 2. The minimum atomic E-state index is 0.137. The van der Waals surface area contributed by atoms with Gasteiger partial charge in [-0.2, -0.15) is 0 Å². The van der Waals surface area contributed by atoms with Gasteiger partial charge in [0.1, 0.15) is 5.75 Å². The van der Waals surface area contributed by atoms with Crippen LogP contribution in [0.2, 0.25) is 0 Å². The third-order valence-electron chi connectivity index (χ3n) is 2.77. The van der Waals surface area contributed by atoms with Crippen molar-refractivity contribution in [2.75, 3.05) is 5.32 Å². The van der Waals surface area contributed by atoms with Crippen LogP contribution in [-0.4, -0.2) is 10.2 Å². The van der Waals surface area contributed by atoms with Crippen molar-refractivity contribution in [2.45, 2.75) is 13.0 Å². The fourth-order valence-corrected chi connectivity index (χ4v) is 2.03. The summed E-state index contributed by atoms with van der Waals surface area (Å²) in [6, 6.07) is 17.0. The minimum Gasteiger partial charge on any atom is -0.508 e. The largest absolute Gasteiger partial charge is 0.508 e. The zero-order valence-electron chi connectivity index (χ0n) is 10.6. The molecule has 1 atom stereocenters. The van der Waals surface area contributed by atoms with Gasteiger partial charge in [0.05, 0.1) is 6.04 Å². The van der Waals surface area contributed by atoms with Crippen molar-refractivity contribution < 1.29 is 5.11 Å². The van der Waals surface area contributed by atoms with Crippen LogP contribution in [0.1, 0.15) is 18.5 Å². The molecule has 3 N–H and O–H groups in total. The van der Waals surface area contributed by atoms with Gasteiger partial charge in [0, 0.05) is 5.69 Å². The van der Waals surface area contributed by atoms with Crippen LogP contribution in [0.15, 0.2) is 54.6 Å². The van der Waals surface area contributed by atoms with Gasteiger partial charge >= 0.3 is 0 Å². The number of aromatic hydroxyl groups is 1. The molecule has 2 aromatic carbocycles. The number of nitrogens with one attached hydrogen (secondary N) is 2. The summed E-state index contributed by atoms with van der Waals surface area (Å²) in [4.78, 5) is 0. The highest BCUT2D eigenvalue weighted by atomic mass is 32.1. The van der Waals surface area contributed by atoms with Gasteiger partial charge in [-0.05, 0) is 49.0 Å². The summed E-state index contributed by atoms with van der Waals surface area (Å²) in [6.45, 7) is 2.06. The number of phenolic OH excluding ortho intramolecular Hbond substituents is 1. The Kier molecular flexibility index (Phi) is 4.36. The lowest BCUT2D eigenvalue weighted by atomic mass is 10.1. The highest BCUT2D eigenvalue weighted by molar-refractivity contribution is 7.80. The molecule has 0 aliphatic heterocycles. The minimum absolute atomic E-state index is 0.137. The molecule has 0 fully saturated rings. The van der Waals surface area contributed by atoms with Crippen LogP contribution in [0.3, 0.4) is 0 Å². The first-order chi connectivity index (χ1) is 9.15. The van der Waals surface area contributed by atoms with Gasteiger partial charge in [-0.25, -0.2) is 0 Å². The van der Waals surface area contributed by atoms with E-state index in [0.29, 0.717) is 5.11 Å². The molecule has 0 saturated carbocycles. The Labute approximate surface area is 118 Å². The Balaban J connectivity index is 1.93. The third-order valence-corrected chi connectivity index (χ3v) is 2.99. The van der Waals surface area contributed by atoms with Gasteiger partial charge in [-0.15, -0.1) is 0 Å². The van der Waals surface area contributed by atoms with Gasteiger partial charge < -0.3 is 15.7 Å². The fraction of sp³-hybridized carbons (Fsp3) is 0.133. The fourth-order valence-electron chi connectivity index (χ4n) is 1.73. The van der Waals surface area contributed by atoms with Crippen LogP contribution < -0.4 is 10.6 Å². The van der Waals surface area contributed by atoms with Crippen LogP contribution in [-0.2, 0) is 0 Å². The van der Waals surface area contributed by atoms with E-state index in [0.717, 1.165) is 5.69 Å². The summed E-state index contributed by atoms with van der Waals surface area (Å²) in [6.07, 6.45) is 0. The molecule has 98 valence electrons. The summed E-state index contributed by atoms with van der Waals surface area (Å²) < 4.78 is 0. The molecule has 0 aliphatic rings. The Bertz CT molecular complexity index is 540. The maximum Gasteiger partial charge on any atom is 0.171 e. The van der Waals surface area contributed by atoms with Gasteiger partial charge in [0.2, 0.25) is 0 Å². The van der Waals surface area contributed by atoms with Gasteiger partial charge in [0.15, 0.2) is 5.11 Å². The van der Waals surface area contributed by atoms with Crippen molar-refractivity contribution in [1.82, 2.24) is 5.32 Å². The summed E-state index contributed by atoms with van der Waals surface area (Å²) in [5, 5.41) is 16.1. The Hall–Kier alpha value is -2.07. The Morgan fingerprint density at radius 3 is 2.32 bits per heavy atom. The average Bonchev–Trinajstić information content (AvgIpc) is 2.42. The smallest absolute Gasteiger partial charge is 0.171 e. The van der Waals surface area contributed by atoms with Crippen LogP contribution in [0, 0.1) is 0 Å². The molecule has 0 saturated heterocycles. The van der Waals surface area contributed by atoms with E-state index >= 15 is 0 Å². The molecule has 0 aliphatic carbocycles. The molecular weight excluding hydrogens is 256 g/mol. The van der Waals surface area contributed by atoms with Crippen molar-refractivity contribution in [3.8, 4) is 5.75 Å². The molecule has 3 nitrogen and oxygen atoms in total. The summed E-state index contributed by atoms with van der Waals surface area (Å²) in [5.74, 6) is 0.238. The van der Waals surface area contributed by atoms with E-state index in [9.17, 15) is 5.11 Å². The lowest BCUT2D eigenvalue weighted by Crippen LogP contribution is -2.30. The summed E-state index contributed by atoms with van der Waals surface area (Å²) >= 11 is 5.26. The molecule has 0 bridgehead atoms. The number of rotatable bonds is 3. The van der Waals surface area contributed by atoms with Crippen molar-refractivity contribution in [3.63, 3.8) is 0 Å². The molecular formula is C15H16N2OS. The molecule has 2 rings (SSSR count). The van der Waals surface area contributed by atoms with Crippen molar-refractivity contribution in [1.29, 1.82) is 0 Å². The maximum atomic E-state index is 9.21. The summed E-state index contributed by atoms with van der Waals surface area (Å²) in [5.41, 5.74) is 2.02. The van der Waals surface area contributed by atoms with E-state index in [-0.39, 0.29) is 11.8 Å².